The molecule has 0 unspecified atom stereocenters. The molecular formula is C14H15NOS. The third-order valence-electron chi connectivity index (χ3n) is 2.43. The Morgan fingerprint density at radius 1 is 1.06 bits per heavy atom. The first-order chi connectivity index (χ1) is 8.31. The maximum atomic E-state index is 5.62. The highest BCUT2D eigenvalue weighted by Crippen LogP contribution is 2.29. The highest BCUT2D eigenvalue weighted by Gasteiger charge is 1.99. The molecule has 2 aromatic rings. The number of hydrogen-bond acceptors (Lipinski definition) is 3. The van der Waals surface area contributed by atoms with Crippen molar-refractivity contribution in [2.24, 2.45) is 5.73 Å². The van der Waals surface area contributed by atoms with Gasteiger partial charge in [0.25, 0.3) is 0 Å². The molecule has 0 aliphatic carbocycles. The van der Waals surface area contributed by atoms with E-state index in [4.69, 9.17) is 10.5 Å². The van der Waals surface area contributed by atoms with Crippen molar-refractivity contribution in [3.8, 4) is 5.75 Å². The summed E-state index contributed by atoms with van der Waals surface area (Å²) in [6, 6.07) is 16.3. The molecule has 0 atom stereocenters. The average Bonchev–Trinajstić information content (AvgIpc) is 2.40. The normalized spacial score (nSPS) is 10.2. The predicted octanol–water partition coefficient (Wildman–Crippen LogP) is 3.31. The maximum Gasteiger partial charge on any atom is 0.118 e. The van der Waals surface area contributed by atoms with Crippen LogP contribution in [0.5, 0.6) is 5.75 Å². The molecule has 0 saturated carbocycles. The Morgan fingerprint density at radius 2 is 1.82 bits per heavy atom. The molecule has 2 aromatic carbocycles. The highest BCUT2D eigenvalue weighted by molar-refractivity contribution is 7.99. The minimum Gasteiger partial charge on any atom is -0.497 e. The van der Waals surface area contributed by atoms with Gasteiger partial charge in [-0.1, -0.05) is 23.9 Å². The summed E-state index contributed by atoms with van der Waals surface area (Å²) < 4.78 is 5.13. The van der Waals surface area contributed by atoms with Gasteiger partial charge in [-0.2, -0.15) is 0 Å². The van der Waals surface area contributed by atoms with Crippen LogP contribution in [-0.4, -0.2) is 7.11 Å². The topological polar surface area (TPSA) is 35.2 Å². The van der Waals surface area contributed by atoms with Gasteiger partial charge in [0.15, 0.2) is 0 Å². The summed E-state index contributed by atoms with van der Waals surface area (Å²) >= 11 is 1.73. The molecule has 0 bridgehead atoms. The second kappa shape index (κ2) is 5.75. The fraction of sp³-hybridized carbons (Fsp3) is 0.143. The van der Waals surface area contributed by atoms with E-state index in [2.05, 4.69) is 24.3 Å². The zero-order chi connectivity index (χ0) is 12.1. The van der Waals surface area contributed by atoms with Gasteiger partial charge in [0.2, 0.25) is 0 Å². The number of ether oxygens (including phenoxy) is 1. The fourth-order valence-electron chi connectivity index (χ4n) is 1.52. The number of hydrogen-bond donors (Lipinski definition) is 1. The molecule has 17 heavy (non-hydrogen) atoms. The molecule has 0 amide bonds. The summed E-state index contributed by atoms with van der Waals surface area (Å²) in [5, 5.41) is 0. The van der Waals surface area contributed by atoms with Crippen LogP contribution in [0.15, 0.2) is 58.3 Å². The third-order valence-corrected chi connectivity index (χ3v) is 3.43. The SMILES string of the molecule is COc1ccc(Sc2cccc(CN)c2)cc1. The van der Waals surface area contributed by atoms with Crippen LogP contribution in [-0.2, 0) is 6.54 Å². The van der Waals surface area contributed by atoms with E-state index in [1.54, 1.807) is 18.9 Å². The summed E-state index contributed by atoms with van der Waals surface area (Å²) in [6.45, 7) is 0.580. The van der Waals surface area contributed by atoms with Gasteiger partial charge >= 0.3 is 0 Å². The second-order valence-corrected chi connectivity index (χ2v) is 4.78. The monoisotopic (exact) mass is 245 g/mol. The molecule has 2 rings (SSSR count). The van der Waals surface area contributed by atoms with E-state index in [1.807, 2.05) is 24.3 Å². The Balaban J connectivity index is 2.13. The summed E-state index contributed by atoms with van der Waals surface area (Å²) in [5.74, 6) is 0.880. The molecule has 0 aliphatic heterocycles. The molecule has 2 N–H and O–H groups in total. The zero-order valence-corrected chi connectivity index (χ0v) is 10.5. The Bertz CT molecular complexity index is 482. The molecule has 0 spiro atoms. The van der Waals surface area contributed by atoms with Crippen LogP contribution in [0.25, 0.3) is 0 Å². The summed E-state index contributed by atoms with van der Waals surface area (Å²) in [4.78, 5) is 2.40. The van der Waals surface area contributed by atoms with Crippen molar-refractivity contribution in [1.29, 1.82) is 0 Å². The van der Waals surface area contributed by atoms with Crippen LogP contribution in [0.2, 0.25) is 0 Å². The Kier molecular flexibility index (Phi) is 4.07. The van der Waals surface area contributed by atoms with E-state index in [9.17, 15) is 0 Å². The second-order valence-electron chi connectivity index (χ2n) is 3.63. The minimum atomic E-state index is 0.580. The Morgan fingerprint density at radius 3 is 2.47 bits per heavy atom. The van der Waals surface area contributed by atoms with E-state index in [1.165, 1.54) is 9.79 Å². The standard InChI is InChI=1S/C14H15NOS/c1-16-12-5-7-13(8-6-12)17-14-4-2-3-11(9-14)10-15/h2-9H,10,15H2,1H3. The lowest BCUT2D eigenvalue weighted by Gasteiger charge is -2.05. The van der Waals surface area contributed by atoms with Crippen LogP contribution in [0, 0.1) is 0 Å². The van der Waals surface area contributed by atoms with Crippen LogP contribution in [0.4, 0.5) is 0 Å². The summed E-state index contributed by atoms with van der Waals surface area (Å²) in [7, 11) is 1.67. The number of nitrogens with two attached hydrogens (primary N) is 1. The molecular weight excluding hydrogens is 230 g/mol. The number of rotatable bonds is 4. The number of methoxy groups -OCH3 is 1. The lowest BCUT2D eigenvalue weighted by Crippen LogP contribution is -1.95. The third kappa shape index (κ3) is 3.25. The molecule has 0 radical (unpaired) electrons. The largest absolute Gasteiger partial charge is 0.497 e. The van der Waals surface area contributed by atoms with E-state index in [-0.39, 0.29) is 0 Å². The van der Waals surface area contributed by atoms with Gasteiger partial charge in [-0.25, -0.2) is 0 Å². The van der Waals surface area contributed by atoms with Gasteiger partial charge in [0.1, 0.15) is 5.75 Å². The molecule has 88 valence electrons. The van der Waals surface area contributed by atoms with E-state index in [0.29, 0.717) is 6.54 Å². The van der Waals surface area contributed by atoms with Crippen molar-refractivity contribution in [3.63, 3.8) is 0 Å². The molecule has 0 saturated heterocycles. The van der Waals surface area contributed by atoms with Gasteiger partial charge < -0.3 is 10.5 Å². The van der Waals surface area contributed by atoms with Gasteiger partial charge in [-0.3, -0.25) is 0 Å². The van der Waals surface area contributed by atoms with Crippen molar-refractivity contribution >= 4 is 11.8 Å². The fourth-order valence-corrected chi connectivity index (χ4v) is 2.42. The first kappa shape index (κ1) is 12.0. The first-order valence-electron chi connectivity index (χ1n) is 5.43. The van der Waals surface area contributed by atoms with Crippen LogP contribution < -0.4 is 10.5 Å². The van der Waals surface area contributed by atoms with Gasteiger partial charge in [0.05, 0.1) is 7.11 Å². The molecule has 0 aromatic heterocycles. The zero-order valence-electron chi connectivity index (χ0n) is 9.72. The Labute approximate surface area is 106 Å². The Hall–Kier alpha value is -1.45. The van der Waals surface area contributed by atoms with Crippen LogP contribution in [0.1, 0.15) is 5.56 Å². The van der Waals surface area contributed by atoms with Crippen molar-refractivity contribution in [2.75, 3.05) is 7.11 Å². The minimum absolute atomic E-state index is 0.580. The van der Waals surface area contributed by atoms with E-state index in [0.717, 1.165) is 11.3 Å². The van der Waals surface area contributed by atoms with Gasteiger partial charge in [-0.05, 0) is 42.0 Å². The molecule has 0 heterocycles. The van der Waals surface area contributed by atoms with Crippen molar-refractivity contribution < 1.29 is 4.74 Å². The first-order valence-corrected chi connectivity index (χ1v) is 6.24. The molecule has 2 nitrogen and oxygen atoms in total. The quantitative estimate of drug-likeness (QED) is 0.897. The maximum absolute atomic E-state index is 5.62. The molecule has 0 fully saturated rings. The lowest BCUT2D eigenvalue weighted by atomic mass is 10.2. The number of benzene rings is 2. The predicted molar refractivity (Wildman–Crippen MR) is 71.5 cm³/mol. The smallest absolute Gasteiger partial charge is 0.118 e. The van der Waals surface area contributed by atoms with E-state index < -0.39 is 0 Å². The lowest BCUT2D eigenvalue weighted by molar-refractivity contribution is 0.414. The van der Waals surface area contributed by atoms with Crippen molar-refractivity contribution in [2.45, 2.75) is 16.3 Å². The van der Waals surface area contributed by atoms with Gasteiger partial charge in [-0.15, -0.1) is 0 Å². The van der Waals surface area contributed by atoms with Gasteiger partial charge in [0, 0.05) is 16.3 Å². The van der Waals surface area contributed by atoms with Crippen molar-refractivity contribution in [1.82, 2.24) is 0 Å². The summed E-state index contributed by atoms with van der Waals surface area (Å²) in [6.07, 6.45) is 0. The van der Waals surface area contributed by atoms with Crippen molar-refractivity contribution in [3.05, 3.63) is 54.1 Å². The molecule has 3 heteroatoms. The van der Waals surface area contributed by atoms with E-state index >= 15 is 0 Å². The average molecular weight is 245 g/mol. The highest BCUT2D eigenvalue weighted by atomic mass is 32.2. The van der Waals surface area contributed by atoms with Crippen LogP contribution >= 0.6 is 11.8 Å². The molecule has 0 aliphatic rings. The summed E-state index contributed by atoms with van der Waals surface area (Å²) in [5.41, 5.74) is 6.78. The van der Waals surface area contributed by atoms with Crippen LogP contribution in [0.3, 0.4) is 0 Å².